The average molecular weight is 346 g/mol. The van der Waals surface area contributed by atoms with Gasteiger partial charge >= 0.3 is 0 Å². The zero-order valence-corrected chi connectivity index (χ0v) is 15.6. The van der Waals surface area contributed by atoms with E-state index in [0.29, 0.717) is 6.04 Å². The number of anilines is 1. The van der Waals surface area contributed by atoms with Crippen molar-refractivity contribution in [2.45, 2.75) is 32.9 Å². The number of nitrogens with zero attached hydrogens (tertiary/aromatic N) is 6. The van der Waals surface area contributed by atoms with Gasteiger partial charge in [0.15, 0.2) is 0 Å². The molecule has 1 aromatic rings. The predicted molar refractivity (Wildman–Crippen MR) is 98.6 cm³/mol. The van der Waals surface area contributed by atoms with Crippen LogP contribution in [-0.4, -0.2) is 95.0 Å². The number of hydrogen-bond acceptors (Lipinski definition) is 6. The number of piperazine rings is 2. The van der Waals surface area contributed by atoms with Gasteiger partial charge in [0, 0.05) is 70.8 Å². The number of aromatic nitrogens is 2. The van der Waals surface area contributed by atoms with Crippen LogP contribution >= 0.6 is 0 Å². The van der Waals surface area contributed by atoms with Gasteiger partial charge in [-0.2, -0.15) is 0 Å². The summed E-state index contributed by atoms with van der Waals surface area (Å²) in [5.41, 5.74) is 0. The van der Waals surface area contributed by atoms with Gasteiger partial charge in [0.2, 0.25) is 11.9 Å². The molecule has 2 fully saturated rings. The molecule has 1 unspecified atom stereocenters. The van der Waals surface area contributed by atoms with Gasteiger partial charge in [-0.3, -0.25) is 14.6 Å². The van der Waals surface area contributed by atoms with E-state index in [-0.39, 0.29) is 11.9 Å². The highest BCUT2D eigenvalue weighted by Gasteiger charge is 2.31. The van der Waals surface area contributed by atoms with Gasteiger partial charge in [-0.15, -0.1) is 0 Å². The van der Waals surface area contributed by atoms with E-state index in [1.165, 1.54) is 0 Å². The van der Waals surface area contributed by atoms with Crippen LogP contribution in [0.5, 0.6) is 0 Å². The van der Waals surface area contributed by atoms with Gasteiger partial charge in [0.05, 0.1) is 6.04 Å². The van der Waals surface area contributed by atoms with E-state index in [4.69, 9.17) is 0 Å². The van der Waals surface area contributed by atoms with Crippen molar-refractivity contribution in [2.75, 3.05) is 57.3 Å². The minimum atomic E-state index is -0.0335. The fourth-order valence-electron chi connectivity index (χ4n) is 3.64. The summed E-state index contributed by atoms with van der Waals surface area (Å²) in [6.45, 7) is 13.7. The predicted octanol–water partition coefficient (Wildman–Crippen LogP) is 0.540. The Hall–Kier alpha value is -1.73. The first-order valence-electron chi connectivity index (χ1n) is 9.35. The lowest BCUT2D eigenvalue weighted by Crippen LogP contribution is -2.58. The minimum Gasteiger partial charge on any atom is -0.338 e. The molecule has 138 valence electrons. The van der Waals surface area contributed by atoms with Crippen molar-refractivity contribution < 1.29 is 4.79 Å². The van der Waals surface area contributed by atoms with Crippen molar-refractivity contribution in [3.8, 4) is 0 Å². The Bertz CT molecular complexity index is 550. The summed E-state index contributed by atoms with van der Waals surface area (Å²) in [4.78, 5) is 30.4. The fraction of sp³-hybridized carbons (Fsp3) is 0.722. The third-order valence-electron chi connectivity index (χ3n) is 5.41. The summed E-state index contributed by atoms with van der Waals surface area (Å²) in [6, 6.07) is 2.37. The van der Waals surface area contributed by atoms with Gasteiger partial charge < -0.3 is 9.80 Å². The Labute approximate surface area is 150 Å². The smallest absolute Gasteiger partial charge is 0.239 e. The molecule has 3 rings (SSSR count). The van der Waals surface area contributed by atoms with E-state index in [1.54, 1.807) is 12.4 Å². The molecule has 0 aliphatic carbocycles. The van der Waals surface area contributed by atoms with Crippen LogP contribution in [0, 0.1) is 0 Å². The molecule has 2 aliphatic heterocycles. The number of carbonyl (C=O) groups is 1. The Balaban J connectivity index is 1.49. The summed E-state index contributed by atoms with van der Waals surface area (Å²) in [6.07, 6.45) is 3.53. The minimum absolute atomic E-state index is 0.0335. The second-order valence-corrected chi connectivity index (χ2v) is 7.20. The molecule has 3 heterocycles. The van der Waals surface area contributed by atoms with Crippen molar-refractivity contribution in [2.24, 2.45) is 0 Å². The Kier molecular flexibility index (Phi) is 5.86. The molecule has 7 heteroatoms. The molecule has 1 atom stereocenters. The van der Waals surface area contributed by atoms with Crippen molar-refractivity contribution in [3.05, 3.63) is 18.5 Å². The SMILES string of the molecule is CC(C)N1CCN(C(C)C(=O)N2CCN(c3ncccn3)CC2)CC1. The number of rotatable bonds is 4. The lowest BCUT2D eigenvalue weighted by molar-refractivity contribution is -0.137. The Morgan fingerprint density at radius 1 is 0.880 bits per heavy atom. The molecule has 0 radical (unpaired) electrons. The molecule has 2 aliphatic rings. The summed E-state index contributed by atoms with van der Waals surface area (Å²) < 4.78 is 0. The maximum Gasteiger partial charge on any atom is 0.239 e. The summed E-state index contributed by atoms with van der Waals surface area (Å²) in [5.74, 6) is 1.01. The van der Waals surface area contributed by atoms with Crippen molar-refractivity contribution in [3.63, 3.8) is 0 Å². The Morgan fingerprint density at radius 2 is 1.44 bits per heavy atom. The van der Waals surface area contributed by atoms with E-state index in [0.717, 1.165) is 58.3 Å². The Morgan fingerprint density at radius 3 is 2.00 bits per heavy atom. The molecule has 1 aromatic heterocycles. The third kappa shape index (κ3) is 4.27. The molecule has 0 saturated carbocycles. The average Bonchev–Trinajstić information content (AvgIpc) is 2.67. The van der Waals surface area contributed by atoms with Gasteiger partial charge in [-0.25, -0.2) is 9.97 Å². The van der Waals surface area contributed by atoms with E-state index >= 15 is 0 Å². The molecule has 0 aromatic carbocycles. The number of amides is 1. The summed E-state index contributed by atoms with van der Waals surface area (Å²) >= 11 is 0. The van der Waals surface area contributed by atoms with Gasteiger partial charge in [-0.1, -0.05) is 0 Å². The first kappa shape index (κ1) is 18.1. The highest BCUT2D eigenvalue weighted by atomic mass is 16.2. The zero-order chi connectivity index (χ0) is 17.8. The van der Waals surface area contributed by atoms with Crippen LogP contribution in [0.25, 0.3) is 0 Å². The lowest BCUT2D eigenvalue weighted by Gasteiger charge is -2.41. The van der Waals surface area contributed by atoms with Gasteiger partial charge in [0.25, 0.3) is 0 Å². The molecule has 0 spiro atoms. The van der Waals surface area contributed by atoms with E-state index in [9.17, 15) is 4.79 Å². The standard InChI is InChI=1S/C18H30N6O/c1-15(2)21-7-9-22(10-8-21)16(3)17(25)23-11-13-24(14-12-23)18-19-5-4-6-20-18/h4-6,15-16H,7-14H2,1-3H3. The maximum absolute atomic E-state index is 12.9. The maximum atomic E-state index is 12.9. The second kappa shape index (κ2) is 8.10. The van der Waals surface area contributed by atoms with Crippen molar-refractivity contribution in [1.29, 1.82) is 0 Å². The highest BCUT2D eigenvalue weighted by Crippen LogP contribution is 2.14. The van der Waals surface area contributed by atoms with E-state index in [1.807, 2.05) is 11.0 Å². The first-order chi connectivity index (χ1) is 12.1. The van der Waals surface area contributed by atoms with Crippen molar-refractivity contribution >= 4 is 11.9 Å². The first-order valence-corrected chi connectivity index (χ1v) is 9.35. The molecule has 2 saturated heterocycles. The lowest BCUT2D eigenvalue weighted by atomic mass is 10.1. The number of hydrogen-bond donors (Lipinski definition) is 0. The van der Waals surface area contributed by atoms with E-state index < -0.39 is 0 Å². The van der Waals surface area contributed by atoms with Crippen LogP contribution in [0.15, 0.2) is 18.5 Å². The van der Waals surface area contributed by atoms with Gasteiger partial charge in [-0.05, 0) is 26.8 Å². The number of carbonyl (C=O) groups excluding carboxylic acids is 1. The van der Waals surface area contributed by atoms with Crippen LogP contribution in [0.4, 0.5) is 5.95 Å². The largest absolute Gasteiger partial charge is 0.338 e. The topological polar surface area (TPSA) is 55.8 Å². The fourth-order valence-corrected chi connectivity index (χ4v) is 3.64. The molecule has 0 bridgehead atoms. The zero-order valence-electron chi connectivity index (χ0n) is 15.6. The van der Waals surface area contributed by atoms with Crippen LogP contribution in [-0.2, 0) is 4.79 Å². The van der Waals surface area contributed by atoms with Crippen molar-refractivity contribution in [1.82, 2.24) is 24.7 Å². The molecular weight excluding hydrogens is 316 g/mol. The van der Waals surface area contributed by atoms with Gasteiger partial charge in [0.1, 0.15) is 0 Å². The van der Waals surface area contributed by atoms with Crippen LogP contribution in [0.3, 0.4) is 0 Å². The molecule has 1 amide bonds. The molecular formula is C18H30N6O. The molecule has 0 N–H and O–H groups in total. The molecule has 7 nitrogen and oxygen atoms in total. The normalized spacial score (nSPS) is 21.6. The monoisotopic (exact) mass is 346 g/mol. The highest BCUT2D eigenvalue weighted by molar-refractivity contribution is 5.81. The molecule has 25 heavy (non-hydrogen) atoms. The van der Waals surface area contributed by atoms with Crippen LogP contribution in [0.1, 0.15) is 20.8 Å². The third-order valence-corrected chi connectivity index (χ3v) is 5.41. The van der Waals surface area contributed by atoms with Crippen LogP contribution < -0.4 is 4.90 Å². The summed E-state index contributed by atoms with van der Waals surface area (Å²) in [5, 5.41) is 0. The second-order valence-electron chi connectivity index (χ2n) is 7.20. The van der Waals surface area contributed by atoms with Crippen LogP contribution in [0.2, 0.25) is 0 Å². The van der Waals surface area contributed by atoms with E-state index in [2.05, 4.69) is 45.4 Å². The quantitative estimate of drug-likeness (QED) is 0.793. The summed E-state index contributed by atoms with van der Waals surface area (Å²) in [7, 11) is 0.